The lowest BCUT2D eigenvalue weighted by atomic mass is 10.1. The van der Waals surface area contributed by atoms with Gasteiger partial charge in [-0.3, -0.25) is 0 Å². The van der Waals surface area contributed by atoms with Crippen LogP contribution in [0.4, 0.5) is 22.0 Å². The second-order valence-corrected chi connectivity index (χ2v) is 5.06. The minimum atomic E-state index is -4.54. The first-order valence-corrected chi connectivity index (χ1v) is 6.42. The number of hydrogen-bond acceptors (Lipinski definition) is 4. The number of ether oxygens (including phenoxy) is 1. The fourth-order valence-electron chi connectivity index (χ4n) is 1.61. The van der Waals surface area contributed by atoms with Gasteiger partial charge in [0.2, 0.25) is 0 Å². The Morgan fingerprint density at radius 1 is 1.24 bits per heavy atom. The smallest absolute Gasteiger partial charge is 0.435 e. The van der Waals surface area contributed by atoms with Crippen LogP contribution in [-0.4, -0.2) is 11.6 Å². The van der Waals surface area contributed by atoms with Crippen molar-refractivity contribution in [2.24, 2.45) is 5.73 Å². The van der Waals surface area contributed by atoms with E-state index < -0.39 is 23.8 Å². The van der Waals surface area contributed by atoms with Crippen molar-refractivity contribution in [3.05, 3.63) is 45.9 Å². The zero-order chi connectivity index (χ0) is 15.6. The molecule has 0 aliphatic carbocycles. The van der Waals surface area contributed by atoms with Crippen LogP contribution in [0.2, 0.25) is 0 Å². The van der Waals surface area contributed by atoms with Crippen molar-refractivity contribution in [2.45, 2.75) is 18.8 Å². The van der Waals surface area contributed by atoms with Crippen LogP contribution in [0, 0.1) is 0 Å². The molecular weight excluding hydrogens is 315 g/mol. The highest BCUT2D eigenvalue weighted by atomic mass is 32.1. The third-order valence-electron chi connectivity index (χ3n) is 2.51. The van der Waals surface area contributed by atoms with Gasteiger partial charge in [-0.1, -0.05) is 12.1 Å². The molecular formula is C12H9F5N2OS. The first-order chi connectivity index (χ1) is 9.77. The highest BCUT2D eigenvalue weighted by molar-refractivity contribution is 7.11. The maximum Gasteiger partial charge on any atom is 0.443 e. The molecule has 2 rings (SSSR count). The first kappa shape index (κ1) is 15.6. The van der Waals surface area contributed by atoms with Gasteiger partial charge in [0, 0.05) is 11.1 Å². The van der Waals surface area contributed by atoms with E-state index in [9.17, 15) is 22.0 Å². The van der Waals surface area contributed by atoms with Gasteiger partial charge in [0.15, 0.2) is 5.01 Å². The fourth-order valence-corrected chi connectivity index (χ4v) is 2.42. The Morgan fingerprint density at radius 3 is 2.52 bits per heavy atom. The molecule has 1 aromatic heterocycles. The Kier molecular flexibility index (Phi) is 4.43. The molecule has 1 unspecified atom stereocenters. The van der Waals surface area contributed by atoms with E-state index in [1.54, 1.807) is 0 Å². The van der Waals surface area contributed by atoms with Crippen LogP contribution in [0.1, 0.15) is 21.5 Å². The van der Waals surface area contributed by atoms with E-state index in [2.05, 4.69) is 9.72 Å². The third kappa shape index (κ3) is 3.88. The molecule has 9 heteroatoms. The second-order valence-electron chi connectivity index (χ2n) is 3.99. The lowest BCUT2D eigenvalue weighted by Gasteiger charge is -2.11. The van der Waals surface area contributed by atoms with Gasteiger partial charge in [-0.15, -0.1) is 11.3 Å². The van der Waals surface area contributed by atoms with Crippen LogP contribution >= 0.6 is 11.3 Å². The number of rotatable bonds is 4. The van der Waals surface area contributed by atoms with Gasteiger partial charge in [0.25, 0.3) is 0 Å². The van der Waals surface area contributed by atoms with Crippen LogP contribution < -0.4 is 10.5 Å². The summed E-state index contributed by atoms with van der Waals surface area (Å²) in [6.45, 7) is -2.99. The number of nitrogens with two attached hydrogens (primary N) is 1. The molecule has 0 saturated carbocycles. The number of benzene rings is 1. The van der Waals surface area contributed by atoms with E-state index in [1.165, 1.54) is 24.3 Å². The minimum absolute atomic E-state index is 0.112. The summed E-state index contributed by atoms with van der Waals surface area (Å²) in [7, 11) is 0. The van der Waals surface area contributed by atoms with Crippen LogP contribution in [-0.2, 0) is 6.18 Å². The van der Waals surface area contributed by atoms with Crippen molar-refractivity contribution in [1.29, 1.82) is 0 Å². The minimum Gasteiger partial charge on any atom is -0.435 e. The quantitative estimate of drug-likeness (QED) is 0.870. The van der Waals surface area contributed by atoms with Crippen molar-refractivity contribution in [1.82, 2.24) is 4.98 Å². The topological polar surface area (TPSA) is 48.1 Å². The molecule has 1 atom stereocenters. The predicted molar refractivity (Wildman–Crippen MR) is 66.2 cm³/mol. The summed E-state index contributed by atoms with van der Waals surface area (Å²) in [5.41, 5.74) is 6.18. The highest BCUT2D eigenvalue weighted by Crippen LogP contribution is 2.35. The maximum atomic E-state index is 12.5. The van der Waals surface area contributed by atoms with Crippen molar-refractivity contribution < 1.29 is 26.7 Å². The van der Waals surface area contributed by atoms with Gasteiger partial charge in [-0.25, -0.2) is 4.98 Å². The predicted octanol–water partition coefficient (Wildman–Crippen LogP) is 3.81. The number of halogens is 5. The number of alkyl halides is 5. The Morgan fingerprint density at radius 2 is 1.95 bits per heavy atom. The second kappa shape index (κ2) is 5.94. The van der Waals surface area contributed by atoms with E-state index in [1.807, 2.05) is 0 Å². The standard InChI is InChI=1S/C12H9F5N2OS/c13-11(14)20-7-3-1-2-6(4-7)9(18)8-5-19-10(21-8)12(15,16)17/h1-5,9,11H,18H2. The van der Waals surface area contributed by atoms with E-state index >= 15 is 0 Å². The summed E-state index contributed by atoms with van der Waals surface area (Å²) in [5, 5.41) is -1.01. The zero-order valence-corrected chi connectivity index (χ0v) is 11.1. The summed E-state index contributed by atoms with van der Waals surface area (Å²) < 4.78 is 65.9. The van der Waals surface area contributed by atoms with Crippen LogP contribution in [0.3, 0.4) is 0 Å². The van der Waals surface area contributed by atoms with E-state index in [0.29, 0.717) is 16.9 Å². The van der Waals surface area contributed by atoms with Crippen LogP contribution in [0.15, 0.2) is 30.5 Å². The maximum absolute atomic E-state index is 12.5. The van der Waals surface area contributed by atoms with Crippen molar-refractivity contribution in [2.75, 3.05) is 0 Å². The molecule has 2 aromatic rings. The third-order valence-corrected chi connectivity index (χ3v) is 3.64. The number of hydrogen-bond donors (Lipinski definition) is 1. The molecule has 114 valence electrons. The first-order valence-electron chi connectivity index (χ1n) is 5.60. The average molecular weight is 324 g/mol. The summed E-state index contributed by atoms with van der Waals surface area (Å²) in [4.78, 5) is 3.44. The number of thiazole rings is 1. The van der Waals surface area contributed by atoms with E-state index in [-0.39, 0.29) is 10.6 Å². The Balaban J connectivity index is 2.23. The van der Waals surface area contributed by atoms with E-state index in [0.717, 1.165) is 6.20 Å². The van der Waals surface area contributed by atoms with Gasteiger partial charge < -0.3 is 10.5 Å². The Hall–Kier alpha value is -1.74. The SMILES string of the molecule is NC(c1cccc(OC(F)F)c1)c1cnc(C(F)(F)F)s1. The summed E-state index contributed by atoms with van der Waals surface area (Å²) >= 11 is 0.412. The monoisotopic (exact) mass is 324 g/mol. The van der Waals surface area contributed by atoms with Crippen LogP contribution in [0.5, 0.6) is 5.75 Å². The molecule has 0 radical (unpaired) electrons. The molecule has 0 saturated heterocycles. The largest absolute Gasteiger partial charge is 0.443 e. The molecule has 0 amide bonds. The molecule has 0 fully saturated rings. The molecule has 21 heavy (non-hydrogen) atoms. The van der Waals surface area contributed by atoms with Crippen LogP contribution in [0.25, 0.3) is 0 Å². The lowest BCUT2D eigenvalue weighted by Crippen LogP contribution is -2.11. The van der Waals surface area contributed by atoms with Gasteiger partial charge >= 0.3 is 12.8 Å². The molecule has 1 aromatic carbocycles. The summed E-state index contributed by atoms with van der Waals surface area (Å²) in [6, 6.07) is 4.59. The lowest BCUT2D eigenvalue weighted by molar-refractivity contribution is -0.137. The normalized spacial score (nSPS) is 13.5. The van der Waals surface area contributed by atoms with Gasteiger partial charge in [-0.05, 0) is 17.7 Å². The molecule has 3 nitrogen and oxygen atoms in total. The van der Waals surface area contributed by atoms with Crippen molar-refractivity contribution in [3.63, 3.8) is 0 Å². The molecule has 1 heterocycles. The average Bonchev–Trinajstić information content (AvgIpc) is 2.86. The summed E-state index contributed by atoms with van der Waals surface area (Å²) in [6.07, 6.45) is -3.51. The number of aromatic nitrogens is 1. The molecule has 2 N–H and O–H groups in total. The van der Waals surface area contributed by atoms with Gasteiger partial charge in [-0.2, -0.15) is 22.0 Å². The Labute approximate surface area is 120 Å². The molecule has 0 bridgehead atoms. The molecule has 0 aliphatic rings. The fraction of sp³-hybridized carbons (Fsp3) is 0.250. The molecule has 0 spiro atoms. The zero-order valence-electron chi connectivity index (χ0n) is 10.3. The van der Waals surface area contributed by atoms with Gasteiger partial charge in [0.05, 0.1) is 6.04 Å². The molecule has 0 aliphatic heterocycles. The van der Waals surface area contributed by atoms with Gasteiger partial charge in [0.1, 0.15) is 5.75 Å². The highest BCUT2D eigenvalue weighted by Gasteiger charge is 2.35. The van der Waals surface area contributed by atoms with E-state index in [4.69, 9.17) is 5.73 Å². The number of nitrogens with zero attached hydrogens (tertiary/aromatic N) is 1. The van der Waals surface area contributed by atoms with Crippen molar-refractivity contribution >= 4 is 11.3 Å². The summed E-state index contributed by atoms with van der Waals surface area (Å²) in [5.74, 6) is -0.112. The van der Waals surface area contributed by atoms with Crippen molar-refractivity contribution in [3.8, 4) is 5.75 Å². The Bertz CT molecular complexity index is 614.